The van der Waals surface area contributed by atoms with Crippen LogP contribution in [0.3, 0.4) is 0 Å². The van der Waals surface area contributed by atoms with Crippen molar-refractivity contribution in [1.82, 2.24) is 4.90 Å². The summed E-state index contributed by atoms with van der Waals surface area (Å²) in [5.41, 5.74) is 0. The summed E-state index contributed by atoms with van der Waals surface area (Å²) in [6.45, 7) is 4.06. The van der Waals surface area contributed by atoms with Gasteiger partial charge in [0.15, 0.2) is 0 Å². The first kappa shape index (κ1) is 8.97. The molecule has 0 aromatic heterocycles. The molecule has 3 heteroatoms. The molecule has 1 aliphatic heterocycles. The van der Waals surface area contributed by atoms with Crippen LogP contribution in [0, 0.1) is 0 Å². The number of nitrogens with zero attached hydrogens (tertiary/aromatic N) is 2. The first-order valence-electron chi connectivity index (χ1n) is 4.29. The number of rotatable bonds is 3. The SMILES string of the molecule is C[N-]CCN1CCC(O)CC1. The number of likely N-dealkylation sites (tertiary alicyclic amines) is 1. The number of hydrogen-bond donors (Lipinski definition) is 1. The second-order valence-electron chi connectivity index (χ2n) is 3.11. The Morgan fingerprint density at radius 1 is 1.45 bits per heavy atom. The molecule has 11 heavy (non-hydrogen) atoms. The van der Waals surface area contributed by atoms with Gasteiger partial charge >= 0.3 is 0 Å². The zero-order valence-corrected chi connectivity index (χ0v) is 7.16. The molecule has 0 atom stereocenters. The minimum Gasteiger partial charge on any atom is -0.664 e. The highest BCUT2D eigenvalue weighted by Gasteiger charge is 2.14. The van der Waals surface area contributed by atoms with Crippen LogP contribution in [-0.4, -0.2) is 49.3 Å². The first-order chi connectivity index (χ1) is 5.33. The predicted octanol–water partition coefficient (Wildman–Crippen LogP) is 0.447. The normalized spacial score (nSPS) is 22.4. The smallest absolute Gasteiger partial charge is 0.0564 e. The van der Waals surface area contributed by atoms with Crippen molar-refractivity contribution in [3.63, 3.8) is 0 Å². The van der Waals surface area contributed by atoms with Gasteiger partial charge in [0.05, 0.1) is 6.10 Å². The summed E-state index contributed by atoms with van der Waals surface area (Å²) in [5.74, 6) is 0. The third-order valence-corrected chi connectivity index (χ3v) is 2.20. The third kappa shape index (κ3) is 3.18. The van der Waals surface area contributed by atoms with Gasteiger partial charge in [0.2, 0.25) is 0 Å². The molecule has 1 N–H and O–H groups in total. The topological polar surface area (TPSA) is 37.6 Å². The van der Waals surface area contributed by atoms with Gasteiger partial charge < -0.3 is 15.3 Å². The molecule has 1 aliphatic rings. The Labute approximate surface area is 68.4 Å². The highest BCUT2D eigenvalue weighted by Crippen LogP contribution is 2.08. The average Bonchev–Trinajstić information content (AvgIpc) is 2.04. The van der Waals surface area contributed by atoms with Crippen molar-refractivity contribution < 1.29 is 5.11 Å². The standard InChI is InChI=1S/C8H17N2O/c1-9-4-7-10-5-2-8(11)3-6-10/h8,11H,2-7H2,1H3/q-1. The van der Waals surface area contributed by atoms with Crippen LogP contribution in [0.5, 0.6) is 0 Å². The second-order valence-corrected chi connectivity index (χ2v) is 3.11. The van der Waals surface area contributed by atoms with Gasteiger partial charge in [-0.3, -0.25) is 0 Å². The van der Waals surface area contributed by atoms with Crippen molar-refractivity contribution in [1.29, 1.82) is 0 Å². The zero-order chi connectivity index (χ0) is 8.10. The largest absolute Gasteiger partial charge is 0.664 e. The Morgan fingerprint density at radius 3 is 2.64 bits per heavy atom. The molecule has 0 aromatic rings. The van der Waals surface area contributed by atoms with Crippen LogP contribution in [0.15, 0.2) is 0 Å². The summed E-state index contributed by atoms with van der Waals surface area (Å²) in [5, 5.41) is 13.2. The number of piperidine rings is 1. The van der Waals surface area contributed by atoms with Gasteiger partial charge in [0, 0.05) is 13.1 Å². The van der Waals surface area contributed by atoms with E-state index in [9.17, 15) is 5.11 Å². The maximum absolute atomic E-state index is 9.20. The molecule has 0 bridgehead atoms. The van der Waals surface area contributed by atoms with Crippen molar-refractivity contribution in [3.05, 3.63) is 5.32 Å². The van der Waals surface area contributed by atoms with Crippen LogP contribution in [0.1, 0.15) is 12.8 Å². The van der Waals surface area contributed by atoms with E-state index in [1.165, 1.54) is 0 Å². The minimum absolute atomic E-state index is 0.0511. The summed E-state index contributed by atoms with van der Waals surface area (Å²) >= 11 is 0. The second kappa shape index (κ2) is 4.70. The molecular formula is C8H17N2O-. The summed E-state index contributed by atoms with van der Waals surface area (Å²) in [4.78, 5) is 2.36. The van der Waals surface area contributed by atoms with Crippen LogP contribution in [-0.2, 0) is 0 Å². The molecule has 0 aliphatic carbocycles. The fourth-order valence-electron chi connectivity index (χ4n) is 1.38. The maximum atomic E-state index is 9.20. The quantitative estimate of drug-likeness (QED) is 0.645. The molecule has 0 amide bonds. The van der Waals surface area contributed by atoms with E-state index in [0.29, 0.717) is 0 Å². The molecule has 66 valence electrons. The van der Waals surface area contributed by atoms with Gasteiger partial charge in [-0.1, -0.05) is 0 Å². The lowest BCUT2D eigenvalue weighted by Crippen LogP contribution is -2.37. The van der Waals surface area contributed by atoms with Crippen molar-refractivity contribution in [3.8, 4) is 0 Å². The van der Waals surface area contributed by atoms with Crippen LogP contribution in [0.2, 0.25) is 0 Å². The zero-order valence-electron chi connectivity index (χ0n) is 7.16. The summed E-state index contributed by atoms with van der Waals surface area (Å²) in [6.07, 6.45) is 1.82. The Balaban J connectivity index is 2.07. The van der Waals surface area contributed by atoms with Crippen molar-refractivity contribution in [2.45, 2.75) is 18.9 Å². The van der Waals surface area contributed by atoms with Gasteiger partial charge in [-0.05, 0) is 19.4 Å². The highest BCUT2D eigenvalue weighted by molar-refractivity contribution is 4.76. The Kier molecular flexibility index (Phi) is 3.83. The average molecular weight is 157 g/mol. The monoisotopic (exact) mass is 157 g/mol. The molecule has 1 rings (SSSR count). The lowest BCUT2D eigenvalue weighted by molar-refractivity contribution is 0.0847. The van der Waals surface area contributed by atoms with Gasteiger partial charge in [-0.25, -0.2) is 0 Å². The summed E-state index contributed by atoms with van der Waals surface area (Å²) < 4.78 is 0. The van der Waals surface area contributed by atoms with Crippen LogP contribution in [0.25, 0.3) is 5.32 Å². The lowest BCUT2D eigenvalue weighted by Gasteiger charge is -2.31. The van der Waals surface area contributed by atoms with E-state index in [-0.39, 0.29) is 6.10 Å². The lowest BCUT2D eigenvalue weighted by atomic mass is 10.1. The Morgan fingerprint density at radius 2 is 2.09 bits per heavy atom. The first-order valence-corrected chi connectivity index (χ1v) is 4.29. The van der Waals surface area contributed by atoms with E-state index in [2.05, 4.69) is 10.2 Å². The molecule has 0 spiro atoms. The van der Waals surface area contributed by atoms with E-state index in [0.717, 1.165) is 39.0 Å². The van der Waals surface area contributed by atoms with E-state index in [4.69, 9.17) is 0 Å². The molecule has 0 radical (unpaired) electrons. The van der Waals surface area contributed by atoms with Crippen LogP contribution < -0.4 is 0 Å². The Hall–Kier alpha value is -0.120. The van der Waals surface area contributed by atoms with Crippen LogP contribution in [0.4, 0.5) is 0 Å². The molecule has 0 aromatic carbocycles. The molecule has 1 heterocycles. The van der Waals surface area contributed by atoms with E-state index in [1.807, 2.05) is 7.05 Å². The predicted molar refractivity (Wildman–Crippen MR) is 45.8 cm³/mol. The third-order valence-electron chi connectivity index (χ3n) is 2.20. The van der Waals surface area contributed by atoms with Crippen LogP contribution >= 0.6 is 0 Å². The van der Waals surface area contributed by atoms with Gasteiger partial charge in [0.1, 0.15) is 0 Å². The molecule has 0 saturated carbocycles. The number of hydrogen-bond acceptors (Lipinski definition) is 2. The van der Waals surface area contributed by atoms with E-state index < -0.39 is 0 Å². The molecule has 1 saturated heterocycles. The summed E-state index contributed by atoms with van der Waals surface area (Å²) in [7, 11) is 1.85. The molecular weight excluding hydrogens is 140 g/mol. The maximum Gasteiger partial charge on any atom is 0.0564 e. The highest BCUT2D eigenvalue weighted by atomic mass is 16.3. The number of aliphatic hydroxyl groups excluding tert-OH is 1. The fourth-order valence-corrected chi connectivity index (χ4v) is 1.38. The Bertz CT molecular complexity index is 97.5. The van der Waals surface area contributed by atoms with Gasteiger partial charge in [-0.2, -0.15) is 7.05 Å². The van der Waals surface area contributed by atoms with Crippen molar-refractivity contribution in [2.75, 3.05) is 33.2 Å². The summed E-state index contributed by atoms with van der Waals surface area (Å²) in [6, 6.07) is 0. The van der Waals surface area contributed by atoms with Gasteiger partial charge in [0.25, 0.3) is 0 Å². The minimum atomic E-state index is -0.0511. The number of likely N-dealkylation sites (N-methyl/N-ethyl adjacent to an activating group) is 1. The van der Waals surface area contributed by atoms with Crippen molar-refractivity contribution in [2.24, 2.45) is 0 Å². The van der Waals surface area contributed by atoms with E-state index in [1.54, 1.807) is 0 Å². The number of aliphatic hydroxyl groups is 1. The fraction of sp³-hybridized carbons (Fsp3) is 1.00. The molecule has 0 unspecified atom stereocenters. The molecule has 3 nitrogen and oxygen atoms in total. The molecule has 1 fully saturated rings. The van der Waals surface area contributed by atoms with Crippen molar-refractivity contribution >= 4 is 0 Å². The van der Waals surface area contributed by atoms with E-state index >= 15 is 0 Å². The van der Waals surface area contributed by atoms with Gasteiger partial charge in [-0.15, -0.1) is 6.54 Å².